The molecule has 1 rings (SSSR count). The highest BCUT2D eigenvalue weighted by molar-refractivity contribution is 7.91. The fourth-order valence-corrected chi connectivity index (χ4v) is 3.31. The van der Waals surface area contributed by atoms with Crippen LogP contribution in [0.2, 0.25) is 0 Å². The van der Waals surface area contributed by atoms with E-state index in [2.05, 4.69) is 4.90 Å². The molecule has 0 aliphatic heterocycles. The number of nitrogen functional groups attached to an aromatic ring is 1. The molecule has 1 aromatic rings. The molecule has 0 aliphatic carbocycles. The number of benzene rings is 1. The second-order valence-electron chi connectivity index (χ2n) is 4.72. The highest BCUT2D eigenvalue weighted by Gasteiger charge is 2.13. The van der Waals surface area contributed by atoms with Crippen molar-refractivity contribution >= 4 is 15.5 Å². The van der Waals surface area contributed by atoms with Crippen molar-refractivity contribution < 1.29 is 8.42 Å². The number of hydrogen-bond donors (Lipinski definition) is 1. The maximum absolute atomic E-state index is 11.7. The summed E-state index contributed by atoms with van der Waals surface area (Å²) in [6, 6.07) is 7.71. The van der Waals surface area contributed by atoms with Gasteiger partial charge in [0.05, 0.1) is 5.75 Å². The molecule has 0 saturated carbocycles. The summed E-state index contributed by atoms with van der Waals surface area (Å²) in [5.41, 5.74) is 7.72. The summed E-state index contributed by atoms with van der Waals surface area (Å²) >= 11 is 0. The minimum atomic E-state index is -2.91. The predicted molar refractivity (Wildman–Crippen MR) is 80.8 cm³/mol. The Morgan fingerprint density at radius 1 is 1.16 bits per heavy atom. The van der Waals surface area contributed by atoms with Crippen molar-refractivity contribution in [2.75, 3.05) is 30.3 Å². The number of nitrogens with two attached hydrogens (primary N) is 1. The topological polar surface area (TPSA) is 63.4 Å². The van der Waals surface area contributed by atoms with E-state index in [1.165, 1.54) is 0 Å². The Balaban J connectivity index is 2.58. The first-order valence-corrected chi connectivity index (χ1v) is 8.56. The molecular formula is C14H24N2O2S. The maximum Gasteiger partial charge on any atom is 0.151 e. The van der Waals surface area contributed by atoms with Gasteiger partial charge in [0, 0.05) is 24.5 Å². The number of anilines is 1. The summed E-state index contributed by atoms with van der Waals surface area (Å²) in [6.07, 6.45) is 0.681. The highest BCUT2D eigenvalue weighted by atomic mass is 32.2. The van der Waals surface area contributed by atoms with Gasteiger partial charge in [0.2, 0.25) is 0 Å². The van der Waals surface area contributed by atoms with Crippen molar-refractivity contribution in [1.29, 1.82) is 0 Å². The summed E-state index contributed by atoms with van der Waals surface area (Å²) in [6.45, 7) is 6.00. The lowest BCUT2D eigenvalue weighted by molar-refractivity contribution is 0.297. The van der Waals surface area contributed by atoms with E-state index in [0.29, 0.717) is 19.5 Å². The van der Waals surface area contributed by atoms with Crippen LogP contribution in [0.1, 0.15) is 25.8 Å². The van der Waals surface area contributed by atoms with Crippen molar-refractivity contribution in [2.24, 2.45) is 0 Å². The molecule has 0 fully saturated rings. The average Bonchev–Trinajstić information content (AvgIpc) is 2.36. The van der Waals surface area contributed by atoms with Crippen molar-refractivity contribution in [1.82, 2.24) is 4.90 Å². The molecule has 0 aliphatic rings. The van der Waals surface area contributed by atoms with Crippen molar-refractivity contribution in [2.45, 2.75) is 26.8 Å². The van der Waals surface area contributed by atoms with Gasteiger partial charge in [-0.25, -0.2) is 8.42 Å². The highest BCUT2D eigenvalue weighted by Crippen LogP contribution is 2.13. The SMILES string of the molecule is CCCS(=O)(=O)CCN(CC)Cc1ccccc1N. The van der Waals surface area contributed by atoms with Crippen LogP contribution in [0.15, 0.2) is 24.3 Å². The molecule has 0 unspecified atom stereocenters. The van der Waals surface area contributed by atoms with Gasteiger partial charge in [-0.1, -0.05) is 32.0 Å². The normalized spacial score (nSPS) is 11.9. The van der Waals surface area contributed by atoms with Crippen LogP contribution in [0.4, 0.5) is 5.69 Å². The van der Waals surface area contributed by atoms with E-state index >= 15 is 0 Å². The van der Waals surface area contributed by atoms with E-state index in [1.54, 1.807) is 0 Å². The van der Waals surface area contributed by atoms with Crippen LogP contribution >= 0.6 is 0 Å². The zero-order valence-corrected chi connectivity index (χ0v) is 12.6. The number of para-hydroxylation sites is 1. The molecule has 5 heteroatoms. The summed E-state index contributed by atoms with van der Waals surface area (Å²) in [5, 5.41) is 0. The third kappa shape index (κ3) is 5.61. The molecule has 108 valence electrons. The van der Waals surface area contributed by atoms with Gasteiger partial charge in [0.1, 0.15) is 0 Å². The fourth-order valence-electron chi connectivity index (χ4n) is 1.95. The maximum atomic E-state index is 11.7. The van der Waals surface area contributed by atoms with Gasteiger partial charge >= 0.3 is 0 Å². The minimum Gasteiger partial charge on any atom is -0.398 e. The molecule has 0 spiro atoms. The Bertz CT molecular complexity index is 486. The zero-order chi connectivity index (χ0) is 14.3. The van der Waals surface area contributed by atoms with Gasteiger partial charge in [-0.05, 0) is 24.6 Å². The zero-order valence-electron chi connectivity index (χ0n) is 11.8. The third-order valence-corrected chi connectivity index (χ3v) is 4.96. The van der Waals surface area contributed by atoms with Crippen LogP contribution in [0, 0.1) is 0 Å². The predicted octanol–water partition coefficient (Wildman–Crippen LogP) is 1.92. The van der Waals surface area contributed by atoms with E-state index < -0.39 is 9.84 Å². The molecule has 19 heavy (non-hydrogen) atoms. The second-order valence-corrected chi connectivity index (χ2v) is 7.02. The molecule has 0 amide bonds. The van der Waals surface area contributed by atoms with Crippen LogP contribution in [-0.2, 0) is 16.4 Å². The molecule has 4 nitrogen and oxygen atoms in total. The van der Waals surface area contributed by atoms with Crippen molar-refractivity contribution in [3.63, 3.8) is 0 Å². The van der Waals surface area contributed by atoms with E-state index in [1.807, 2.05) is 38.1 Å². The number of sulfone groups is 1. The van der Waals surface area contributed by atoms with Gasteiger partial charge in [-0.2, -0.15) is 0 Å². The molecule has 0 bridgehead atoms. The Kier molecular flexibility index (Phi) is 6.31. The quantitative estimate of drug-likeness (QED) is 0.741. The second kappa shape index (κ2) is 7.50. The fraction of sp³-hybridized carbons (Fsp3) is 0.571. The first-order chi connectivity index (χ1) is 8.98. The summed E-state index contributed by atoms with van der Waals surface area (Å²) in [7, 11) is -2.91. The van der Waals surface area contributed by atoms with Crippen LogP contribution in [0.25, 0.3) is 0 Å². The van der Waals surface area contributed by atoms with Crippen molar-refractivity contribution in [3.05, 3.63) is 29.8 Å². The van der Waals surface area contributed by atoms with E-state index in [0.717, 1.165) is 17.8 Å². The third-order valence-electron chi connectivity index (χ3n) is 3.13. The molecule has 1 aromatic carbocycles. The first kappa shape index (κ1) is 16.0. The summed E-state index contributed by atoms with van der Waals surface area (Å²) in [5.74, 6) is 0.499. The lowest BCUT2D eigenvalue weighted by Gasteiger charge is -2.21. The smallest absolute Gasteiger partial charge is 0.151 e. The molecular weight excluding hydrogens is 260 g/mol. The molecule has 2 N–H and O–H groups in total. The Hall–Kier alpha value is -1.07. The summed E-state index contributed by atoms with van der Waals surface area (Å²) in [4.78, 5) is 2.11. The Morgan fingerprint density at radius 2 is 1.84 bits per heavy atom. The van der Waals surface area contributed by atoms with Crippen LogP contribution < -0.4 is 5.73 Å². The molecule has 0 atom stereocenters. The van der Waals surface area contributed by atoms with E-state index in [9.17, 15) is 8.42 Å². The van der Waals surface area contributed by atoms with Crippen LogP contribution in [-0.4, -0.2) is 37.9 Å². The van der Waals surface area contributed by atoms with Gasteiger partial charge in [0.15, 0.2) is 9.84 Å². The van der Waals surface area contributed by atoms with Crippen LogP contribution in [0.3, 0.4) is 0 Å². The first-order valence-electron chi connectivity index (χ1n) is 6.74. The lowest BCUT2D eigenvalue weighted by atomic mass is 10.1. The standard InChI is InChI=1S/C14H24N2O2S/c1-3-10-19(17,18)11-9-16(4-2)12-13-7-5-6-8-14(13)15/h5-8H,3-4,9-12,15H2,1-2H3. The molecule has 0 radical (unpaired) electrons. The molecule has 0 saturated heterocycles. The number of hydrogen-bond acceptors (Lipinski definition) is 4. The van der Waals surface area contributed by atoms with Crippen molar-refractivity contribution in [3.8, 4) is 0 Å². The molecule has 0 heterocycles. The Morgan fingerprint density at radius 3 is 2.42 bits per heavy atom. The van der Waals surface area contributed by atoms with Gasteiger partial charge in [0.25, 0.3) is 0 Å². The van der Waals surface area contributed by atoms with Crippen LogP contribution in [0.5, 0.6) is 0 Å². The monoisotopic (exact) mass is 284 g/mol. The number of rotatable bonds is 8. The minimum absolute atomic E-state index is 0.224. The largest absolute Gasteiger partial charge is 0.398 e. The number of nitrogens with zero attached hydrogens (tertiary/aromatic N) is 1. The average molecular weight is 284 g/mol. The van der Waals surface area contributed by atoms with E-state index in [4.69, 9.17) is 5.73 Å². The Labute approximate surface area is 116 Å². The molecule has 0 aromatic heterocycles. The van der Waals surface area contributed by atoms with Gasteiger partial charge in [-0.3, -0.25) is 4.90 Å². The van der Waals surface area contributed by atoms with E-state index in [-0.39, 0.29) is 11.5 Å². The van der Waals surface area contributed by atoms with Gasteiger partial charge < -0.3 is 5.73 Å². The lowest BCUT2D eigenvalue weighted by Crippen LogP contribution is -2.30. The summed E-state index contributed by atoms with van der Waals surface area (Å²) < 4.78 is 23.4. The van der Waals surface area contributed by atoms with Gasteiger partial charge in [-0.15, -0.1) is 0 Å².